The Kier molecular flexibility index (Phi) is 5.55. The van der Waals surface area contributed by atoms with Gasteiger partial charge in [0.25, 0.3) is 11.6 Å². The molecule has 3 rings (SSSR count). The molecule has 27 heavy (non-hydrogen) atoms. The van der Waals surface area contributed by atoms with E-state index in [9.17, 15) is 14.9 Å². The first-order valence-electron chi connectivity index (χ1n) is 8.41. The lowest BCUT2D eigenvalue weighted by Gasteiger charge is -2.05. The van der Waals surface area contributed by atoms with Gasteiger partial charge in [-0.2, -0.15) is 5.10 Å². The Labute approximate surface area is 159 Å². The molecule has 0 saturated heterocycles. The molecule has 0 atom stereocenters. The maximum Gasteiger partial charge on any atom is 0.273 e. The Bertz CT molecular complexity index is 967. The van der Waals surface area contributed by atoms with Gasteiger partial charge in [-0.3, -0.25) is 20.2 Å². The molecule has 0 unspecified atom stereocenters. The molecule has 0 bridgehead atoms. The van der Waals surface area contributed by atoms with E-state index in [2.05, 4.69) is 27.3 Å². The first-order valence-corrected chi connectivity index (χ1v) is 9.23. The van der Waals surface area contributed by atoms with Crippen LogP contribution in [-0.4, -0.2) is 30.6 Å². The Balaban J connectivity index is 1.88. The second kappa shape index (κ2) is 8.04. The summed E-state index contributed by atoms with van der Waals surface area (Å²) in [6.45, 7) is 3.65. The average Bonchev–Trinajstić information content (AvgIpc) is 3.29. The highest BCUT2D eigenvalue weighted by Gasteiger charge is 2.20. The first kappa shape index (κ1) is 18.6. The van der Waals surface area contributed by atoms with Crippen molar-refractivity contribution in [2.24, 2.45) is 0 Å². The second-order valence-corrected chi connectivity index (χ2v) is 6.85. The summed E-state index contributed by atoms with van der Waals surface area (Å²) in [5.74, 6) is -0.433. The third kappa shape index (κ3) is 4.00. The monoisotopic (exact) mass is 386 g/mol. The molecule has 0 fully saturated rings. The molecule has 9 nitrogen and oxygen atoms in total. The number of benzene rings is 1. The number of unbranched alkanes of at least 4 members (excludes halogenated alkanes) is 1. The molecule has 2 heterocycles. The van der Waals surface area contributed by atoms with Gasteiger partial charge < -0.3 is 0 Å². The molecule has 2 aromatic heterocycles. The average molecular weight is 386 g/mol. The summed E-state index contributed by atoms with van der Waals surface area (Å²) in [7, 11) is 0. The van der Waals surface area contributed by atoms with Crippen LogP contribution >= 0.6 is 11.3 Å². The van der Waals surface area contributed by atoms with Gasteiger partial charge in [-0.1, -0.05) is 30.7 Å². The van der Waals surface area contributed by atoms with Crippen LogP contribution < -0.4 is 5.32 Å². The largest absolute Gasteiger partial charge is 0.298 e. The SMILES string of the molecule is CCCCc1nc(NC(=O)c2cccc([N+](=O)[O-])c2C)sc1-n1cncn1. The maximum atomic E-state index is 12.6. The number of aromatic nitrogens is 4. The molecule has 0 aliphatic heterocycles. The van der Waals surface area contributed by atoms with Crippen LogP contribution in [0, 0.1) is 17.0 Å². The van der Waals surface area contributed by atoms with Gasteiger partial charge in [-0.05, 0) is 25.8 Å². The molecule has 10 heteroatoms. The van der Waals surface area contributed by atoms with Crippen LogP contribution in [0.3, 0.4) is 0 Å². The van der Waals surface area contributed by atoms with Crippen LogP contribution in [0.5, 0.6) is 0 Å². The van der Waals surface area contributed by atoms with Gasteiger partial charge in [0.1, 0.15) is 17.7 Å². The molecule has 140 valence electrons. The number of nitro benzene ring substituents is 1. The van der Waals surface area contributed by atoms with Crippen molar-refractivity contribution in [2.75, 3.05) is 5.32 Å². The number of hydrogen-bond donors (Lipinski definition) is 1. The summed E-state index contributed by atoms with van der Waals surface area (Å²) in [4.78, 5) is 31.7. The van der Waals surface area contributed by atoms with Gasteiger partial charge in [0, 0.05) is 17.2 Å². The van der Waals surface area contributed by atoms with Crippen LogP contribution in [0.15, 0.2) is 30.9 Å². The number of carbonyl (C=O) groups excluding carboxylic acids is 1. The van der Waals surface area contributed by atoms with Crippen molar-refractivity contribution in [3.63, 3.8) is 0 Å². The Hall–Kier alpha value is -3.14. The number of nitro groups is 1. The number of aryl methyl sites for hydroxylation is 1. The van der Waals surface area contributed by atoms with Crippen molar-refractivity contribution in [1.29, 1.82) is 0 Å². The summed E-state index contributed by atoms with van der Waals surface area (Å²) in [6, 6.07) is 4.43. The molecule has 0 aliphatic carbocycles. The zero-order valence-corrected chi connectivity index (χ0v) is 15.7. The molecular weight excluding hydrogens is 368 g/mol. The molecule has 0 saturated carbocycles. The molecule has 0 aliphatic rings. The van der Waals surface area contributed by atoms with Crippen molar-refractivity contribution in [3.05, 3.63) is 57.8 Å². The van der Waals surface area contributed by atoms with E-state index < -0.39 is 10.8 Å². The third-order valence-corrected chi connectivity index (χ3v) is 5.04. The van der Waals surface area contributed by atoms with Crippen LogP contribution in [0.4, 0.5) is 10.8 Å². The fourth-order valence-electron chi connectivity index (χ4n) is 2.63. The van der Waals surface area contributed by atoms with Crippen molar-refractivity contribution in [3.8, 4) is 5.00 Å². The molecule has 1 aromatic carbocycles. The quantitative estimate of drug-likeness (QED) is 0.490. The van der Waals surface area contributed by atoms with E-state index >= 15 is 0 Å². The highest BCUT2D eigenvalue weighted by Crippen LogP contribution is 2.29. The molecule has 0 spiro atoms. The molecule has 0 radical (unpaired) electrons. The van der Waals surface area contributed by atoms with Crippen molar-refractivity contribution < 1.29 is 9.72 Å². The predicted molar refractivity (Wildman–Crippen MR) is 101 cm³/mol. The van der Waals surface area contributed by atoms with E-state index in [0.717, 1.165) is 30.0 Å². The summed E-state index contributed by atoms with van der Waals surface area (Å²) in [5, 5.41) is 19.2. The smallest absolute Gasteiger partial charge is 0.273 e. The second-order valence-electron chi connectivity index (χ2n) is 5.88. The van der Waals surface area contributed by atoms with Crippen molar-refractivity contribution in [1.82, 2.24) is 19.7 Å². The molecular formula is C17H18N6O3S. The minimum atomic E-state index is -0.499. The lowest BCUT2D eigenvalue weighted by molar-refractivity contribution is -0.385. The highest BCUT2D eigenvalue weighted by molar-refractivity contribution is 7.18. The van der Waals surface area contributed by atoms with Crippen molar-refractivity contribution in [2.45, 2.75) is 33.1 Å². The van der Waals surface area contributed by atoms with Gasteiger partial charge in [0.2, 0.25) is 0 Å². The Morgan fingerprint density at radius 2 is 2.22 bits per heavy atom. The number of thiazole rings is 1. The maximum absolute atomic E-state index is 12.6. The fourth-order valence-corrected chi connectivity index (χ4v) is 3.56. The van der Waals surface area contributed by atoms with E-state index in [1.807, 2.05) is 0 Å². The standard InChI is InChI=1S/C17H18N6O3S/c1-3-4-7-13-16(22-10-18-9-19-22)27-17(20-13)21-15(24)12-6-5-8-14(11(12)2)23(25)26/h5-6,8-10H,3-4,7H2,1-2H3,(H,20,21,24). The van der Waals surface area contributed by atoms with Gasteiger partial charge in [0.15, 0.2) is 5.13 Å². The zero-order chi connectivity index (χ0) is 19.4. The number of nitrogens with one attached hydrogen (secondary N) is 1. The Morgan fingerprint density at radius 1 is 1.41 bits per heavy atom. The third-order valence-electron chi connectivity index (χ3n) is 4.04. The van der Waals surface area contributed by atoms with E-state index in [1.54, 1.807) is 24.0 Å². The minimum Gasteiger partial charge on any atom is -0.298 e. The molecule has 1 N–H and O–H groups in total. The van der Waals surface area contributed by atoms with E-state index in [4.69, 9.17) is 0 Å². The van der Waals surface area contributed by atoms with Gasteiger partial charge in [0.05, 0.1) is 10.6 Å². The number of amides is 1. The number of rotatable bonds is 7. The van der Waals surface area contributed by atoms with Crippen LogP contribution in [0.1, 0.15) is 41.4 Å². The zero-order valence-electron chi connectivity index (χ0n) is 14.9. The van der Waals surface area contributed by atoms with Crippen LogP contribution in [0.2, 0.25) is 0 Å². The summed E-state index contributed by atoms with van der Waals surface area (Å²) in [5.41, 5.74) is 1.31. The normalized spacial score (nSPS) is 10.7. The minimum absolute atomic E-state index is 0.0891. The lowest BCUT2D eigenvalue weighted by Crippen LogP contribution is -2.14. The van der Waals surface area contributed by atoms with Gasteiger partial charge in [-0.15, -0.1) is 0 Å². The van der Waals surface area contributed by atoms with E-state index in [1.165, 1.54) is 29.8 Å². The summed E-state index contributed by atoms with van der Waals surface area (Å²) in [6.07, 6.45) is 5.76. The number of anilines is 1. The lowest BCUT2D eigenvalue weighted by atomic mass is 10.1. The molecule has 1 amide bonds. The van der Waals surface area contributed by atoms with Gasteiger partial charge >= 0.3 is 0 Å². The number of carbonyl (C=O) groups is 1. The highest BCUT2D eigenvalue weighted by atomic mass is 32.1. The summed E-state index contributed by atoms with van der Waals surface area (Å²) < 4.78 is 1.62. The first-order chi connectivity index (χ1) is 13.0. The Morgan fingerprint density at radius 3 is 2.89 bits per heavy atom. The fraction of sp³-hybridized carbons (Fsp3) is 0.294. The van der Waals surface area contributed by atoms with Gasteiger partial charge in [-0.25, -0.2) is 14.6 Å². The topological polar surface area (TPSA) is 116 Å². The number of hydrogen-bond acceptors (Lipinski definition) is 7. The van der Waals surface area contributed by atoms with Crippen LogP contribution in [0.25, 0.3) is 5.00 Å². The van der Waals surface area contributed by atoms with Crippen LogP contribution in [-0.2, 0) is 6.42 Å². The van der Waals surface area contributed by atoms with E-state index in [-0.39, 0.29) is 11.3 Å². The number of nitrogens with zero attached hydrogens (tertiary/aromatic N) is 5. The summed E-state index contributed by atoms with van der Waals surface area (Å²) >= 11 is 1.29. The molecule has 3 aromatic rings. The van der Waals surface area contributed by atoms with E-state index in [0.29, 0.717) is 10.7 Å². The predicted octanol–water partition coefficient (Wildman–Crippen LogP) is 3.54. The van der Waals surface area contributed by atoms with Crippen molar-refractivity contribution >= 4 is 28.1 Å².